The molecule has 0 saturated heterocycles. The van der Waals surface area contributed by atoms with Crippen LogP contribution in [0.2, 0.25) is 0 Å². The molecule has 1 heterocycles. The first-order valence-electron chi connectivity index (χ1n) is 4.18. The molecular formula is C11H7FN2. The van der Waals surface area contributed by atoms with Gasteiger partial charge in [-0.3, -0.25) is 0 Å². The Morgan fingerprint density at radius 3 is 2.86 bits per heavy atom. The molecule has 2 aromatic rings. The van der Waals surface area contributed by atoms with E-state index in [-0.39, 0.29) is 11.5 Å². The fraction of sp³-hybridized carbons (Fsp3) is 0.0909. The number of pyridine rings is 1. The zero-order chi connectivity index (χ0) is 10.1. The highest BCUT2D eigenvalue weighted by atomic mass is 19.1. The molecule has 2 rings (SSSR count). The zero-order valence-electron chi connectivity index (χ0n) is 7.58. The predicted molar refractivity (Wildman–Crippen MR) is 51.2 cm³/mol. The van der Waals surface area contributed by atoms with E-state index in [2.05, 4.69) is 4.98 Å². The summed E-state index contributed by atoms with van der Waals surface area (Å²) in [7, 11) is 0. The van der Waals surface area contributed by atoms with Crippen molar-refractivity contribution in [2.75, 3.05) is 0 Å². The molecule has 0 atom stereocenters. The van der Waals surface area contributed by atoms with Crippen molar-refractivity contribution in [1.82, 2.24) is 4.98 Å². The topological polar surface area (TPSA) is 36.7 Å². The standard InChI is InChI=1S/C11H7FN2/c1-7-5-9-8(11(6-13)14-7)3-2-4-10(9)12/h2-5H,1H3. The number of hydrogen-bond donors (Lipinski definition) is 0. The highest BCUT2D eigenvalue weighted by Crippen LogP contribution is 2.20. The average molecular weight is 186 g/mol. The maximum Gasteiger partial charge on any atom is 0.148 e. The van der Waals surface area contributed by atoms with Crippen molar-refractivity contribution in [3.8, 4) is 6.07 Å². The van der Waals surface area contributed by atoms with E-state index in [9.17, 15) is 4.39 Å². The fourth-order valence-electron chi connectivity index (χ4n) is 1.45. The SMILES string of the molecule is Cc1cc2c(F)cccc2c(C#N)n1. The molecule has 0 saturated carbocycles. The van der Waals surface area contributed by atoms with Gasteiger partial charge in [0.2, 0.25) is 0 Å². The van der Waals surface area contributed by atoms with Gasteiger partial charge in [-0.1, -0.05) is 12.1 Å². The van der Waals surface area contributed by atoms with Gasteiger partial charge in [0, 0.05) is 16.5 Å². The maximum absolute atomic E-state index is 13.3. The fourth-order valence-corrected chi connectivity index (χ4v) is 1.45. The number of nitriles is 1. The third kappa shape index (κ3) is 1.21. The molecule has 0 aliphatic carbocycles. The molecule has 0 aliphatic heterocycles. The van der Waals surface area contributed by atoms with Crippen LogP contribution in [0.4, 0.5) is 4.39 Å². The van der Waals surface area contributed by atoms with Crippen molar-refractivity contribution in [2.45, 2.75) is 6.92 Å². The van der Waals surface area contributed by atoms with E-state index in [4.69, 9.17) is 5.26 Å². The van der Waals surface area contributed by atoms with Crippen LogP contribution in [-0.4, -0.2) is 4.98 Å². The molecule has 14 heavy (non-hydrogen) atoms. The lowest BCUT2D eigenvalue weighted by Crippen LogP contribution is -1.91. The third-order valence-electron chi connectivity index (χ3n) is 2.06. The van der Waals surface area contributed by atoms with E-state index in [1.165, 1.54) is 6.07 Å². The lowest BCUT2D eigenvalue weighted by atomic mass is 10.1. The quantitative estimate of drug-likeness (QED) is 0.634. The van der Waals surface area contributed by atoms with Crippen molar-refractivity contribution < 1.29 is 4.39 Å². The number of benzene rings is 1. The van der Waals surface area contributed by atoms with Crippen molar-refractivity contribution >= 4 is 10.8 Å². The minimum atomic E-state index is -0.315. The van der Waals surface area contributed by atoms with E-state index < -0.39 is 0 Å². The zero-order valence-corrected chi connectivity index (χ0v) is 7.58. The van der Waals surface area contributed by atoms with Gasteiger partial charge in [-0.2, -0.15) is 5.26 Å². The van der Waals surface area contributed by atoms with E-state index in [0.29, 0.717) is 16.5 Å². The van der Waals surface area contributed by atoms with Crippen LogP contribution in [0, 0.1) is 24.1 Å². The number of hydrogen-bond acceptors (Lipinski definition) is 2. The second-order valence-corrected chi connectivity index (χ2v) is 3.06. The predicted octanol–water partition coefficient (Wildman–Crippen LogP) is 2.55. The minimum absolute atomic E-state index is 0.277. The molecule has 1 aromatic heterocycles. The first kappa shape index (κ1) is 8.64. The summed E-state index contributed by atoms with van der Waals surface area (Å²) < 4.78 is 13.3. The molecule has 0 unspecified atom stereocenters. The Bertz CT molecular complexity index is 541. The maximum atomic E-state index is 13.3. The van der Waals surface area contributed by atoms with E-state index >= 15 is 0 Å². The number of nitrogens with zero attached hydrogens (tertiary/aromatic N) is 2. The Hall–Kier alpha value is -1.95. The van der Waals surface area contributed by atoms with Gasteiger partial charge in [0.25, 0.3) is 0 Å². The molecule has 1 aromatic carbocycles. The Labute approximate surface area is 80.6 Å². The highest BCUT2D eigenvalue weighted by molar-refractivity contribution is 5.87. The molecule has 0 bridgehead atoms. The summed E-state index contributed by atoms with van der Waals surface area (Å²) in [5, 5.41) is 9.84. The Morgan fingerprint density at radius 1 is 1.36 bits per heavy atom. The van der Waals surface area contributed by atoms with E-state index in [0.717, 1.165) is 0 Å². The van der Waals surface area contributed by atoms with E-state index in [1.54, 1.807) is 25.1 Å². The summed E-state index contributed by atoms with van der Waals surface area (Å²) in [6.07, 6.45) is 0. The van der Waals surface area contributed by atoms with Crippen LogP contribution in [0.25, 0.3) is 10.8 Å². The van der Waals surface area contributed by atoms with Crippen molar-refractivity contribution in [2.24, 2.45) is 0 Å². The molecule has 68 valence electrons. The van der Waals surface area contributed by atoms with E-state index in [1.807, 2.05) is 6.07 Å². The lowest BCUT2D eigenvalue weighted by Gasteiger charge is -2.01. The number of aryl methyl sites for hydroxylation is 1. The molecule has 0 amide bonds. The third-order valence-corrected chi connectivity index (χ3v) is 2.06. The molecule has 0 fully saturated rings. The lowest BCUT2D eigenvalue weighted by molar-refractivity contribution is 0.639. The second-order valence-electron chi connectivity index (χ2n) is 3.06. The van der Waals surface area contributed by atoms with Crippen LogP contribution < -0.4 is 0 Å². The minimum Gasteiger partial charge on any atom is -0.242 e. The average Bonchev–Trinajstić information content (AvgIpc) is 2.18. The van der Waals surface area contributed by atoms with Gasteiger partial charge in [-0.15, -0.1) is 0 Å². The van der Waals surface area contributed by atoms with Crippen molar-refractivity contribution in [3.05, 3.63) is 41.5 Å². The summed E-state index contributed by atoms with van der Waals surface area (Å²) in [6, 6.07) is 8.26. The van der Waals surface area contributed by atoms with Gasteiger partial charge in [0.1, 0.15) is 17.6 Å². The van der Waals surface area contributed by atoms with Crippen molar-refractivity contribution in [1.29, 1.82) is 5.26 Å². The molecular weight excluding hydrogens is 179 g/mol. The summed E-state index contributed by atoms with van der Waals surface area (Å²) in [5.41, 5.74) is 0.929. The number of rotatable bonds is 0. The van der Waals surface area contributed by atoms with Gasteiger partial charge >= 0.3 is 0 Å². The van der Waals surface area contributed by atoms with Crippen molar-refractivity contribution in [3.63, 3.8) is 0 Å². The summed E-state index contributed by atoms with van der Waals surface area (Å²) >= 11 is 0. The van der Waals surface area contributed by atoms with Gasteiger partial charge in [-0.05, 0) is 19.1 Å². The molecule has 2 nitrogen and oxygen atoms in total. The first-order chi connectivity index (χ1) is 6.72. The van der Waals surface area contributed by atoms with Gasteiger partial charge < -0.3 is 0 Å². The van der Waals surface area contributed by atoms with Crippen LogP contribution in [0.15, 0.2) is 24.3 Å². The van der Waals surface area contributed by atoms with Crippen LogP contribution in [0.1, 0.15) is 11.4 Å². The number of aromatic nitrogens is 1. The van der Waals surface area contributed by atoms with Crippen LogP contribution >= 0.6 is 0 Å². The van der Waals surface area contributed by atoms with Crippen LogP contribution in [-0.2, 0) is 0 Å². The molecule has 0 aliphatic rings. The smallest absolute Gasteiger partial charge is 0.148 e. The van der Waals surface area contributed by atoms with Gasteiger partial charge in [-0.25, -0.2) is 9.37 Å². The number of halogens is 1. The molecule has 3 heteroatoms. The van der Waals surface area contributed by atoms with Gasteiger partial charge in [0.15, 0.2) is 0 Å². The van der Waals surface area contributed by atoms with Crippen LogP contribution in [0.5, 0.6) is 0 Å². The molecule has 0 N–H and O–H groups in total. The number of fused-ring (bicyclic) bond motifs is 1. The summed E-state index contributed by atoms with van der Waals surface area (Å²) in [6.45, 7) is 1.74. The molecule has 0 spiro atoms. The van der Waals surface area contributed by atoms with Crippen LogP contribution in [0.3, 0.4) is 0 Å². The Morgan fingerprint density at radius 2 is 2.14 bits per heavy atom. The largest absolute Gasteiger partial charge is 0.242 e. The molecule has 0 radical (unpaired) electrons. The highest BCUT2D eigenvalue weighted by Gasteiger charge is 2.06. The normalized spacial score (nSPS) is 10.1. The Balaban J connectivity index is 2.96. The Kier molecular flexibility index (Phi) is 1.90. The second kappa shape index (κ2) is 3.08. The summed E-state index contributed by atoms with van der Waals surface area (Å²) in [4.78, 5) is 4.03. The monoisotopic (exact) mass is 186 g/mol. The van der Waals surface area contributed by atoms with Gasteiger partial charge in [0.05, 0.1) is 0 Å². The first-order valence-corrected chi connectivity index (χ1v) is 4.18. The summed E-state index contributed by atoms with van der Waals surface area (Å²) in [5.74, 6) is -0.315.